The van der Waals surface area contributed by atoms with E-state index >= 15 is 0 Å². The summed E-state index contributed by atoms with van der Waals surface area (Å²) in [6, 6.07) is 4.76. The highest BCUT2D eigenvalue weighted by molar-refractivity contribution is 5.82. The Kier molecular flexibility index (Phi) is 5.01. The van der Waals surface area contributed by atoms with Crippen molar-refractivity contribution in [3.63, 3.8) is 0 Å². The maximum absolute atomic E-state index is 13.1. The molecular formula is C16H22F2N2O2. The van der Waals surface area contributed by atoms with Crippen LogP contribution in [-0.2, 0) is 4.79 Å². The minimum absolute atomic E-state index is 0.262. The molecule has 1 aliphatic rings. The van der Waals surface area contributed by atoms with Crippen LogP contribution in [0.2, 0.25) is 0 Å². The monoisotopic (exact) mass is 312 g/mol. The maximum atomic E-state index is 13.1. The number of hydrogen-bond acceptors (Lipinski definition) is 3. The molecule has 1 aromatic carbocycles. The zero-order chi connectivity index (χ0) is 16.3. The number of alkyl halides is 2. The second kappa shape index (κ2) is 6.60. The molecule has 0 bridgehead atoms. The molecule has 0 aliphatic carbocycles. The van der Waals surface area contributed by atoms with E-state index in [2.05, 4.69) is 10.6 Å². The molecular weight excluding hydrogens is 290 g/mol. The summed E-state index contributed by atoms with van der Waals surface area (Å²) in [5.41, 5.74) is 2.05. The lowest BCUT2D eigenvalue weighted by molar-refractivity contribution is -0.124. The molecule has 2 N–H and O–H groups in total. The SMILES string of the molecule is Cc1cccc(C)c1OCC(C)NC(=O)C1CC(F)(F)CN1. The van der Waals surface area contributed by atoms with E-state index in [1.54, 1.807) is 6.92 Å². The molecule has 0 spiro atoms. The van der Waals surface area contributed by atoms with Gasteiger partial charge >= 0.3 is 0 Å². The van der Waals surface area contributed by atoms with Crippen LogP contribution in [0.15, 0.2) is 18.2 Å². The summed E-state index contributed by atoms with van der Waals surface area (Å²) in [5.74, 6) is -2.41. The molecule has 0 aromatic heterocycles. The van der Waals surface area contributed by atoms with Crippen LogP contribution >= 0.6 is 0 Å². The van der Waals surface area contributed by atoms with E-state index in [1.165, 1.54) is 0 Å². The molecule has 2 rings (SSSR count). The second-order valence-electron chi connectivity index (χ2n) is 5.94. The third-order valence-electron chi connectivity index (χ3n) is 3.70. The number of hydrogen-bond donors (Lipinski definition) is 2. The number of carbonyl (C=O) groups is 1. The number of benzene rings is 1. The summed E-state index contributed by atoms with van der Waals surface area (Å²) < 4.78 is 31.9. The highest BCUT2D eigenvalue weighted by Gasteiger charge is 2.42. The average molecular weight is 312 g/mol. The minimum Gasteiger partial charge on any atom is -0.491 e. The van der Waals surface area contributed by atoms with Crippen molar-refractivity contribution in [3.05, 3.63) is 29.3 Å². The van der Waals surface area contributed by atoms with Gasteiger partial charge in [0.05, 0.1) is 18.6 Å². The quantitative estimate of drug-likeness (QED) is 0.876. The summed E-state index contributed by atoms with van der Waals surface area (Å²) in [6.07, 6.45) is -0.455. The zero-order valence-corrected chi connectivity index (χ0v) is 13.1. The van der Waals surface area contributed by atoms with Gasteiger partial charge in [0.1, 0.15) is 12.4 Å². The van der Waals surface area contributed by atoms with Gasteiger partial charge in [-0.15, -0.1) is 0 Å². The highest BCUT2D eigenvalue weighted by atomic mass is 19.3. The molecule has 2 atom stereocenters. The van der Waals surface area contributed by atoms with Gasteiger partial charge in [-0.2, -0.15) is 0 Å². The summed E-state index contributed by atoms with van der Waals surface area (Å²) >= 11 is 0. The number of halogens is 2. The average Bonchev–Trinajstić information content (AvgIpc) is 2.78. The Morgan fingerprint density at radius 3 is 2.64 bits per heavy atom. The number of carbonyl (C=O) groups excluding carboxylic acids is 1. The first-order chi connectivity index (χ1) is 10.3. The van der Waals surface area contributed by atoms with Crippen LogP contribution in [0, 0.1) is 13.8 Å². The number of para-hydroxylation sites is 1. The maximum Gasteiger partial charge on any atom is 0.262 e. The number of rotatable bonds is 5. The highest BCUT2D eigenvalue weighted by Crippen LogP contribution is 2.25. The fourth-order valence-electron chi connectivity index (χ4n) is 2.52. The molecule has 1 heterocycles. The van der Waals surface area contributed by atoms with Crippen LogP contribution in [0.5, 0.6) is 5.75 Å². The van der Waals surface area contributed by atoms with Gasteiger partial charge < -0.3 is 10.1 Å². The Hall–Kier alpha value is -1.69. The first-order valence-electron chi connectivity index (χ1n) is 7.39. The Morgan fingerprint density at radius 2 is 2.09 bits per heavy atom. The van der Waals surface area contributed by atoms with Crippen LogP contribution in [0.4, 0.5) is 8.78 Å². The zero-order valence-electron chi connectivity index (χ0n) is 13.1. The van der Waals surface area contributed by atoms with Crippen molar-refractivity contribution in [2.45, 2.75) is 45.2 Å². The lowest BCUT2D eigenvalue weighted by Crippen LogP contribution is -2.46. The first-order valence-corrected chi connectivity index (χ1v) is 7.39. The van der Waals surface area contributed by atoms with Gasteiger partial charge in [0.2, 0.25) is 5.91 Å². The van der Waals surface area contributed by atoms with Crippen LogP contribution in [0.25, 0.3) is 0 Å². The van der Waals surface area contributed by atoms with Crippen LogP contribution in [-0.4, -0.2) is 37.1 Å². The molecule has 1 aliphatic heterocycles. The number of aryl methyl sites for hydroxylation is 2. The lowest BCUT2D eigenvalue weighted by Gasteiger charge is -2.19. The standard InChI is InChI=1S/C16H22F2N2O2/c1-10-5-4-6-11(2)14(10)22-8-12(3)20-15(21)13-7-16(17,18)9-19-13/h4-6,12-13,19H,7-9H2,1-3H3,(H,20,21). The Labute approximate surface area is 129 Å². The van der Waals surface area contributed by atoms with Gasteiger partial charge in [-0.25, -0.2) is 8.78 Å². The number of ether oxygens (including phenoxy) is 1. The van der Waals surface area contributed by atoms with E-state index in [0.29, 0.717) is 6.61 Å². The molecule has 2 unspecified atom stereocenters. The van der Waals surface area contributed by atoms with Gasteiger partial charge in [-0.05, 0) is 31.9 Å². The van der Waals surface area contributed by atoms with Crippen molar-refractivity contribution in [2.24, 2.45) is 0 Å². The van der Waals surface area contributed by atoms with Crippen LogP contribution in [0.1, 0.15) is 24.5 Å². The van der Waals surface area contributed by atoms with Gasteiger partial charge in [-0.1, -0.05) is 18.2 Å². The van der Waals surface area contributed by atoms with Crippen LogP contribution < -0.4 is 15.4 Å². The topological polar surface area (TPSA) is 50.4 Å². The fraction of sp³-hybridized carbons (Fsp3) is 0.562. The third kappa shape index (κ3) is 4.16. The number of nitrogens with one attached hydrogen (secondary N) is 2. The number of amides is 1. The predicted molar refractivity (Wildman–Crippen MR) is 80.4 cm³/mol. The molecule has 6 heteroatoms. The molecule has 1 fully saturated rings. The molecule has 0 radical (unpaired) electrons. The van der Waals surface area contributed by atoms with E-state index in [0.717, 1.165) is 16.9 Å². The van der Waals surface area contributed by atoms with E-state index in [-0.39, 0.29) is 6.04 Å². The van der Waals surface area contributed by atoms with E-state index in [1.807, 2.05) is 32.0 Å². The first kappa shape index (κ1) is 16.7. The molecule has 22 heavy (non-hydrogen) atoms. The molecule has 4 nitrogen and oxygen atoms in total. The van der Waals surface area contributed by atoms with Crippen molar-refractivity contribution in [1.29, 1.82) is 0 Å². The smallest absolute Gasteiger partial charge is 0.262 e. The van der Waals surface area contributed by atoms with Crippen molar-refractivity contribution >= 4 is 5.91 Å². The Bertz CT molecular complexity index is 529. The van der Waals surface area contributed by atoms with Crippen molar-refractivity contribution in [1.82, 2.24) is 10.6 Å². The van der Waals surface area contributed by atoms with E-state index in [9.17, 15) is 13.6 Å². The molecule has 0 saturated carbocycles. The molecule has 1 saturated heterocycles. The molecule has 122 valence electrons. The van der Waals surface area contributed by atoms with Gasteiger partial charge in [0, 0.05) is 6.42 Å². The largest absolute Gasteiger partial charge is 0.491 e. The van der Waals surface area contributed by atoms with Crippen molar-refractivity contribution in [3.8, 4) is 5.75 Å². The Balaban J connectivity index is 1.83. The van der Waals surface area contributed by atoms with Gasteiger partial charge in [-0.3, -0.25) is 10.1 Å². The normalized spacial score (nSPS) is 21.4. The van der Waals surface area contributed by atoms with Gasteiger partial charge in [0.25, 0.3) is 5.92 Å². The second-order valence-corrected chi connectivity index (χ2v) is 5.94. The lowest BCUT2D eigenvalue weighted by atomic mass is 10.1. The van der Waals surface area contributed by atoms with Crippen molar-refractivity contribution < 1.29 is 18.3 Å². The molecule has 1 amide bonds. The fourth-order valence-corrected chi connectivity index (χ4v) is 2.52. The van der Waals surface area contributed by atoms with Gasteiger partial charge in [0.15, 0.2) is 0 Å². The summed E-state index contributed by atoms with van der Waals surface area (Å²) in [6.45, 7) is 5.55. The summed E-state index contributed by atoms with van der Waals surface area (Å²) in [4.78, 5) is 11.9. The van der Waals surface area contributed by atoms with Crippen molar-refractivity contribution in [2.75, 3.05) is 13.2 Å². The van der Waals surface area contributed by atoms with E-state index < -0.39 is 30.8 Å². The minimum atomic E-state index is -2.81. The predicted octanol–water partition coefficient (Wildman–Crippen LogP) is 2.18. The summed E-state index contributed by atoms with van der Waals surface area (Å²) in [7, 11) is 0. The van der Waals surface area contributed by atoms with E-state index in [4.69, 9.17) is 4.74 Å². The van der Waals surface area contributed by atoms with Crippen LogP contribution in [0.3, 0.4) is 0 Å². The summed E-state index contributed by atoms with van der Waals surface area (Å²) in [5, 5.41) is 5.25. The molecule has 1 aromatic rings. The Morgan fingerprint density at radius 1 is 1.45 bits per heavy atom. The third-order valence-corrected chi connectivity index (χ3v) is 3.70.